The molecule has 0 aliphatic rings. The van der Waals surface area contributed by atoms with Crippen molar-refractivity contribution in [1.29, 1.82) is 0 Å². The van der Waals surface area contributed by atoms with Gasteiger partial charge in [-0.25, -0.2) is 0 Å². The number of hydrogen-bond acceptors (Lipinski definition) is 5. The maximum atomic E-state index is 12.7. The van der Waals surface area contributed by atoms with Gasteiger partial charge in [-0.05, 0) is 32.9 Å². The highest BCUT2D eigenvalue weighted by Gasteiger charge is 2.30. The Labute approximate surface area is 176 Å². The van der Waals surface area contributed by atoms with Gasteiger partial charge in [0.05, 0.1) is 28.5 Å². The molecule has 0 bridgehead atoms. The average Bonchev–Trinajstić information content (AvgIpc) is 3.09. The fourth-order valence-corrected chi connectivity index (χ4v) is 3.52. The quantitative estimate of drug-likeness (QED) is 0.479. The van der Waals surface area contributed by atoms with Crippen molar-refractivity contribution in [1.82, 2.24) is 19.6 Å². The molecule has 0 aliphatic carbocycles. The zero-order valence-electron chi connectivity index (χ0n) is 16.2. The SMILES string of the molecule is Cc1nn(Cc2c(Cl)cccc2Cl)c(C)c1NC(=O)c1nn(C)c(C)c1[N+](=O)[O-]. The molecule has 0 radical (unpaired) electrons. The summed E-state index contributed by atoms with van der Waals surface area (Å²) in [4.78, 5) is 23.5. The number of anilines is 1. The second-order valence-corrected chi connectivity index (χ2v) is 7.34. The number of rotatable bonds is 5. The van der Waals surface area contributed by atoms with E-state index < -0.39 is 10.8 Å². The highest BCUT2D eigenvalue weighted by molar-refractivity contribution is 6.36. The number of carbonyl (C=O) groups excluding carboxylic acids is 1. The fourth-order valence-electron chi connectivity index (χ4n) is 3.01. The minimum atomic E-state index is -0.679. The second kappa shape index (κ2) is 7.84. The Balaban J connectivity index is 1.93. The fraction of sp³-hybridized carbons (Fsp3) is 0.278. The summed E-state index contributed by atoms with van der Waals surface area (Å²) in [6.07, 6.45) is 0. The molecule has 29 heavy (non-hydrogen) atoms. The molecule has 1 aromatic carbocycles. The summed E-state index contributed by atoms with van der Waals surface area (Å²) in [5.74, 6) is -0.679. The molecular weight excluding hydrogens is 419 g/mol. The summed E-state index contributed by atoms with van der Waals surface area (Å²) in [6.45, 7) is 5.34. The molecular formula is C18H18Cl2N6O3. The van der Waals surface area contributed by atoms with E-state index in [2.05, 4.69) is 15.5 Å². The molecule has 2 heterocycles. The van der Waals surface area contributed by atoms with Crippen LogP contribution in [0.2, 0.25) is 10.0 Å². The van der Waals surface area contributed by atoms with Crippen LogP contribution in [0.1, 0.15) is 33.1 Å². The number of nitrogens with one attached hydrogen (secondary N) is 1. The van der Waals surface area contributed by atoms with Gasteiger partial charge in [-0.2, -0.15) is 10.2 Å². The Kier molecular flexibility index (Phi) is 5.63. The van der Waals surface area contributed by atoms with E-state index in [-0.39, 0.29) is 17.1 Å². The normalized spacial score (nSPS) is 11.0. The number of halogens is 2. The van der Waals surface area contributed by atoms with E-state index in [1.54, 1.807) is 43.8 Å². The van der Waals surface area contributed by atoms with Gasteiger partial charge in [0, 0.05) is 22.7 Å². The van der Waals surface area contributed by atoms with Gasteiger partial charge in [0.15, 0.2) is 0 Å². The van der Waals surface area contributed by atoms with Crippen molar-refractivity contribution in [2.45, 2.75) is 27.3 Å². The smallest absolute Gasteiger partial charge is 0.317 e. The Bertz CT molecular complexity index is 1120. The van der Waals surface area contributed by atoms with Crippen molar-refractivity contribution < 1.29 is 9.72 Å². The van der Waals surface area contributed by atoms with E-state index in [0.29, 0.717) is 39.2 Å². The summed E-state index contributed by atoms with van der Waals surface area (Å²) in [6, 6.07) is 5.22. The number of nitro groups is 1. The van der Waals surface area contributed by atoms with Crippen LogP contribution in [0.4, 0.5) is 11.4 Å². The van der Waals surface area contributed by atoms with Crippen LogP contribution in [0.15, 0.2) is 18.2 Å². The topological polar surface area (TPSA) is 108 Å². The van der Waals surface area contributed by atoms with Gasteiger partial charge < -0.3 is 5.32 Å². The minimum absolute atomic E-state index is 0.254. The zero-order valence-corrected chi connectivity index (χ0v) is 17.7. The monoisotopic (exact) mass is 436 g/mol. The number of aromatic nitrogens is 4. The molecule has 0 aliphatic heterocycles. The van der Waals surface area contributed by atoms with Crippen molar-refractivity contribution in [3.63, 3.8) is 0 Å². The molecule has 0 saturated heterocycles. The van der Waals surface area contributed by atoms with Gasteiger partial charge in [0.2, 0.25) is 5.69 Å². The van der Waals surface area contributed by atoms with Crippen LogP contribution in [-0.4, -0.2) is 30.4 Å². The van der Waals surface area contributed by atoms with Crippen LogP contribution in [0.3, 0.4) is 0 Å². The lowest BCUT2D eigenvalue weighted by atomic mass is 10.2. The molecule has 2 aromatic heterocycles. The van der Waals surface area contributed by atoms with Crippen LogP contribution < -0.4 is 5.32 Å². The Hall–Kier alpha value is -2.91. The maximum absolute atomic E-state index is 12.7. The first-order chi connectivity index (χ1) is 13.6. The maximum Gasteiger partial charge on any atom is 0.322 e. The van der Waals surface area contributed by atoms with Crippen LogP contribution in [0.25, 0.3) is 0 Å². The van der Waals surface area contributed by atoms with Gasteiger partial charge in [-0.3, -0.25) is 24.3 Å². The van der Waals surface area contributed by atoms with E-state index in [1.165, 1.54) is 11.6 Å². The largest absolute Gasteiger partial charge is 0.322 e. The minimum Gasteiger partial charge on any atom is -0.317 e. The number of aryl methyl sites for hydroxylation is 2. The first-order valence-electron chi connectivity index (χ1n) is 8.58. The van der Waals surface area contributed by atoms with E-state index in [4.69, 9.17) is 23.2 Å². The third-order valence-corrected chi connectivity index (χ3v) is 5.40. The van der Waals surface area contributed by atoms with Gasteiger partial charge in [0.25, 0.3) is 5.91 Å². The van der Waals surface area contributed by atoms with E-state index in [9.17, 15) is 14.9 Å². The van der Waals surface area contributed by atoms with Crippen LogP contribution in [-0.2, 0) is 13.6 Å². The molecule has 0 atom stereocenters. The summed E-state index contributed by atoms with van der Waals surface area (Å²) in [7, 11) is 1.54. The lowest BCUT2D eigenvalue weighted by Gasteiger charge is -2.09. The highest BCUT2D eigenvalue weighted by atomic mass is 35.5. The molecule has 11 heteroatoms. The standard InChI is InChI=1S/C18H18Cl2N6O3/c1-9-15(21-18(27)16-17(26(28)29)11(3)24(4)23-16)10(2)25(22-9)8-12-13(19)6-5-7-14(12)20/h5-7H,8H2,1-4H3,(H,21,27). The van der Waals surface area contributed by atoms with E-state index in [0.717, 1.165) is 0 Å². The zero-order chi connectivity index (χ0) is 21.5. The molecule has 9 nitrogen and oxygen atoms in total. The van der Waals surface area contributed by atoms with E-state index >= 15 is 0 Å². The average molecular weight is 437 g/mol. The summed E-state index contributed by atoms with van der Waals surface area (Å²) in [5, 5.41) is 23.5. The van der Waals surface area contributed by atoms with Gasteiger partial charge in [0.1, 0.15) is 5.69 Å². The summed E-state index contributed by atoms with van der Waals surface area (Å²) in [5.41, 5.74) is 2.08. The van der Waals surface area contributed by atoms with Gasteiger partial charge in [-0.15, -0.1) is 0 Å². The molecule has 0 saturated carbocycles. The van der Waals surface area contributed by atoms with Crippen LogP contribution >= 0.6 is 23.2 Å². The van der Waals surface area contributed by atoms with Crippen molar-refractivity contribution in [2.24, 2.45) is 7.05 Å². The highest BCUT2D eigenvalue weighted by Crippen LogP contribution is 2.28. The molecule has 152 valence electrons. The van der Waals surface area contributed by atoms with Crippen molar-refractivity contribution >= 4 is 40.5 Å². The predicted octanol–water partition coefficient (Wildman–Crippen LogP) is 4.06. The molecule has 1 amide bonds. The number of hydrogen-bond donors (Lipinski definition) is 1. The first-order valence-corrected chi connectivity index (χ1v) is 9.33. The predicted molar refractivity (Wildman–Crippen MR) is 110 cm³/mol. The molecule has 0 spiro atoms. The summed E-state index contributed by atoms with van der Waals surface area (Å²) >= 11 is 12.5. The molecule has 1 N–H and O–H groups in total. The van der Waals surface area contributed by atoms with Crippen molar-refractivity contribution in [3.8, 4) is 0 Å². The Morgan fingerprint density at radius 2 is 1.79 bits per heavy atom. The van der Waals surface area contributed by atoms with Crippen molar-refractivity contribution in [3.05, 3.63) is 66.7 Å². The second-order valence-electron chi connectivity index (χ2n) is 6.52. The number of carbonyl (C=O) groups is 1. The van der Waals surface area contributed by atoms with Gasteiger partial charge >= 0.3 is 5.69 Å². The van der Waals surface area contributed by atoms with Gasteiger partial charge in [-0.1, -0.05) is 29.3 Å². The summed E-state index contributed by atoms with van der Waals surface area (Å²) < 4.78 is 2.96. The Morgan fingerprint density at radius 1 is 1.17 bits per heavy atom. The van der Waals surface area contributed by atoms with E-state index in [1.807, 2.05) is 0 Å². The van der Waals surface area contributed by atoms with Crippen LogP contribution in [0, 0.1) is 30.9 Å². The van der Waals surface area contributed by atoms with Crippen LogP contribution in [0.5, 0.6) is 0 Å². The number of amides is 1. The van der Waals surface area contributed by atoms with Crippen molar-refractivity contribution in [2.75, 3.05) is 5.32 Å². The third-order valence-electron chi connectivity index (χ3n) is 4.69. The number of benzene rings is 1. The molecule has 3 aromatic rings. The molecule has 3 rings (SSSR count). The third kappa shape index (κ3) is 3.83. The Morgan fingerprint density at radius 3 is 2.38 bits per heavy atom. The number of nitrogens with zero attached hydrogens (tertiary/aromatic N) is 5. The molecule has 0 fully saturated rings. The lowest BCUT2D eigenvalue weighted by molar-refractivity contribution is -0.385. The first kappa shape index (κ1) is 20.8. The lowest BCUT2D eigenvalue weighted by Crippen LogP contribution is -2.16. The molecule has 0 unspecified atom stereocenters.